The maximum atomic E-state index is 3.52. The first-order valence-corrected chi connectivity index (χ1v) is 8.12. The molecule has 1 rings (SSSR count). The molecule has 0 aliphatic rings. The Morgan fingerprint density at radius 1 is 1.31 bits per heavy atom. The minimum atomic E-state index is 0.562. The van der Waals surface area contributed by atoms with Crippen LogP contribution in [0, 0.1) is 0 Å². The minimum absolute atomic E-state index is 0.562. The van der Waals surface area contributed by atoms with Crippen LogP contribution < -0.4 is 5.32 Å². The van der Waals surface area contributed by atoms with Crippen LogP contribution in [0.25, 0.3) is 0 Å². The van der Waals surface area contributed by atoms with E-state index in [1.165, 1.54) is 17.1 Å². The van der Waals surface area contributed by atoms with Gasteiger partial charge in [-0.1, -0.05) is 13.0 Å². The van der Waals surface area contributed by atoms with Gasteiger partial charge in [0.25, 0.3) is 0 Å². The third-order valence-corrected chi connectivity index (χ3v) is 5.23. The Labute approximate surface area is 119 Å². The molecule has 0 radical (unpaired) electrons. The third-order valence-electron chi connectivity index (χ3n) is 2.21. The third kappa shape index (κ3) is 5.21. The maximum Gasteiger partial charge on any atom is 0.0320 e. The second kappa shape index (κ2) is 7.75. The van der Waals surface area contributed by atoms with Gasteiger partial charge in [0, 0.05) is 27.3 Å². The van der Waals surface area contributed by atoms with E-state index in [1.54, 1.807) is 0 Å². The highest BCUT2D eigenvalue weighted by Crippen LogP contribution is 2.23. The van der Waals surface area contributed by atoms with E-state index in [-0.39, 0.29) is 0 Å². The summed E-state index contributed by atoms with van der Waals surface area (Å²) in [5.74, 6) is 2.37. The molecule has 90 valence electrons. The van der Waals surface area contributed by atoms with Crippen molar-refractivity contribution in [3.63, 3.8) is 0 Å². The monoisotopic (exact) mass is 365 g/mol. The predicted octanol–water partition coefficient (Wildman–Crippen LogP) is 4.44. The van der Waals surface area contributed by atoms with E-state index in [9.17, 15) is 0 Å². The van der Waals surface area contributed by atoms with Gasteiger partial charge in [0.05, 0.1) is 0 Å². The van der Waals surface area contributed by atoms with Gasteiger partial charge < -0.3 is 5.32 Å². The van der Waals surface area contributed by atoms with Crippen molar-refractivity contribution in [3.05, 3.63) is 32.7 Å². The Hall–Kier alpha value is 0.490. The lowest BCUT2D eigenvalue weighted by Crippen LogP contribution is -2.27. The molecule has 1 aromatic carbocycles. The summed E-state index contributed by atoms with van der Waals surface area (Å²) in [6.45, 7) is 5.36. The van der Waals surface area contributed by atoms with E-state index in [2.05, 4.69) is 69.2 Å². The average Bonchev–Trinajstić information content (AvgIpc) is 2.28. The normalized spacial score (nSPS) is 12.8. The fourth-order valence-electron chi connectivity index (χ4n) is 1.30. The first kappa shape index (κ1) is 14.6. The average molecular weight is 367 g/mol. The van der Waals surface area contributed by atoms with Gasteiger partial charge in [0.15, 0.2) is 0 Å². The maximum absolute atomic E-state index is 3.52. The summed E-state index contributed by atoms with van der Waals surface area (Å²) in [6.07, 6.45) is 0. The molecule has 4 heteroatoms. The van der Waals surface area contributed by atoms with Crippen LogP contribution >= 0.6 is 43.6 Å². The zero-order valence-corrected chi connectivity index (χ0v) is 13.6. The van der Waals surface area contributed by atoms with Crippen molar-refractivity contribution in [1.29, 1.82) is 0 Å². The number of thioether (sulfide) groups is 1. The molecule has 0 saturated heterocycles. The molecule has 1 nitrogen and oxygen atoms in total. The molecule has 0 spiro atoms. The number of hydrogen-bond acceptors (Lipinski definition) is 2. The summed E-state index contributed by atoms with van der Waals surface area (Å²) in [7, 11) is 0. The second-order valence-electron chi connectivity index (χ2n) is 3.69. The summed E-state index contributed by atoms with van der Waals surface area (Å²) in [5.41, 5.74) is 1.31. The molecule has 1 unspecified atom stereocenters. The van der Waals surface area contributed by atoms with Gasteiger partial charge in [-0.05, 0) is 62.2 Å². The van der Waals surface area contributed by atoms with Gasteiger partial charge >= 0.3 is 0 Å². The molecular weight excluding hydrogens is 350 g/mol. The van der Waals surface area contributed by atoms with Crippen LogP contribution in [-0.4, -0.2) is 17.5 Å². The van der Waals surface area contributed by atoms with Crippen molar-refractivity contribution in [1.82, 2.24) is 5.32 Å². The molecule has 0 aromatic heterocycles. The predicted molar refractivity (Wildman–Crippen MR) is 81.1 cm³/mol. The number of hydrogen-bond donors (Lipinski definition) is 1. The van der Waals surface area contributed by atoms with E-state index in [0.717, 1.165) is 15.5 Å². The molecule has 0 heterocycles. The Morgan fingerprint density at radius 3 is 2.69 bits per heavy atom. The highest BCUT2D eigenvalue weighted by atomic mass is 79.9. The molecule has 16 heavy (non-hydrogen) atoms. The van der Waals surface area contributed by atoms with Crippen LogP contribution in [0.2, 0.25) is 0 Å². The first-order valence-electron chi connectivity index (χ1n) is 5.38. The van der Waals surface area contributed by atoms with E-state index in [1.807, 2.05) is 11.8 Å². The highest BCUT2D eigenvalue weighted by molar-refractivity contribution is 9.13. The largest absolute Gasteiger partial charge is 0.309 e. The van der Waals surface area contributed by atoms with Crippen LogP contribution in [0.1, 0.15) is 19.4 Å². The quantitative estimate of drug-likeness (QED) is 0.798. The van der Waals surface area contributed by atoms with Crippen molar-refractivity contribution in [2.75, 3.05) is 11.5 Å². The molecular formula is C12H17Br2NS. The Bertz CT molecular complexity index is 331. The van der Waals surface area contributed by atoms with Gasteiger partial charge in [-0.2, -0.15) is 11.8 Å². The van der Waals surface area contributed by atoms with E-state index >= 15 is 0 Å². The molecule has 0 saturated carbocycles. The number of halogens is 2. The second-order valence-corrected chi connectivity index (χ2v) is 6.72. The van der Waals surface area contributed by atoms with Crippen LogP contribution in [0.15, 0.2) is 27.1 Å². The van der Waals surface area contributed by atoms with Crippen LogP contribution in [0.5, 0.6) is 0 Å². The highest BCUT2D eigenvalue weighted by Gasteiger charge is 2.02. The molecule has 1 aromatic rings. The molecule has 0 aliphatic heterocycles. The van der Waals surface area contributed by atoms with E-state index < -0.39 is 0 Å². The van der Waals surface area contributed by atoms with Gasteiger partial charge in [0.2, 0.25) is 0 Å². The fourth-order valence-corrected chi connectivity index (χ4v) is 2.68. The topological polar surface area (TPSA) is 12.0 Å². The Kier molecular flexibility index (Phi) is 7.04. The number of rotatable bonds is 6. The molecule has 1 N–H and O–H groups in total. The summed E-state index contributed by atoms with van der Waals surface area (Å²) in [6, 6.07) is 6.93. The Morgan fingerprint density at radius 2 is 2.06 bits per heavy atom. The van der Waals surface area contributed by atoms with Crippen molar-refractivity contribution in [2.24, 2.45) is 0 Å². The smallest absolute Gasteiger partial charge is 0.0320 e. The van der Waals surface area contributed by atoms with Gasteiger partial charge in [0.1, 0.15) is 0 Å². The first-order chi connectivity index (χ1) is 7.63. The number of nitrogens with one attached hydrogen (secondary N) is 1. The number of benzene rings is 1. The molecule has 0 bridgehead atoms. The zero-order valence-electron chi connectivity index (χ0n) is 9.59. The van der Waals surface area contributed by atoms with Gasteiger partial charge in [-0.15, -0.1) is 0 Å². The van der Waals surface area contributed by atoms with Crippen LogP contribution in [0.4, 0.5) is 0 Å². The van der Waals surface area contributed by atoms with Crippen LogP contribution in [-0.2, 0) is 6.54 Å². The lowest BCUT2D eigenvalue weighted by molar-refractivity contribution is 0.596. The minimum Gasteiger partial charge on any atom is -0.309 e. The summed E-state index contributed by atoms with van der Waals surface area (Å²) >= 11 is 8.97. The van der Waals surface area contributed by atoms with E-state index in [0.29, 0.717) is 6.04 Å². The molecule has 1 atom stereocenters. The van der Waals surface area contributed by atoms with Crippen molar-refractivity contribution < 1.29 is 0 Å². The molecule has 0 fully saturated rings. The lowest BCUT2D eigenvalue weighted by Gasteiger charge is -2.13. The van der Waals surface area contributed by atoms with Gasteiger partial charge in [-0.3, -0.25) is 0 Å². The summed E-state index contributed by atoms with van der Waals surface area (Å²) < 4.78 is 2.22. The molecule has 0 aliphatic carbocycles. The van der Waals surface area contributed by atoms with Crippen molar-refractivity contribution in [2.45, 2.75) is 26.4 Å². The van der Waals surface area contributed by atoms with Crippen LogP contribution in [0.3, 0.4) is 0 Å². The fraction of sp³-hybridized carbons (Fsp3) is 0.500. The SMILES string of the molecule is CCSCC(C)NCc1ccc(Br)c(Br)c1. The van der Waals surface area contributed by atoms with Gasteiger partial charge in [-0.25, -0.2) is 0 Å². The van der Waals surface area contributed by atoms with Crippen molar-refractivity contribution in [3.8, 4) is 0 Å². The van der Waals surface area contributed by atoms with Crippen molar-refractivity contribution >= 4 is 43.6 Å². The van der Waals surface area contributed by atoms with E-state index in [4.69, 9.17) is 0 Å². The molecule has 0 amide bonds. The summed E-state index contributed by atoms with van der Waals surface area (Å²) in [5, 5.41) is 3.52. The Balaban J connectivity index is 2.39. The standard InChI is InChI=1S/C12H17Br2NS/c1-3-16-8-9(2)15-7-10-4-5-11(13)12(14)6-10/h4-6,9,15H,3,7-8H2,1-2H3. The summed E-state index contributed by atoms with van der Waals surface area (Å²) in [4.78, 5) is 0. The lowest BCUT2D eigenvalue weighted by atomic mass is 10.2. The zero-order chi connectivity index (χ0) is 12.0.